The molecular formula is C21H23N5S. The van der Waals surface area contributed by atoms with Gasteiger partial charge in [0.2, 0.25) is 0 Å². The van der Waals surface area contributed by atoms with Crippen molar-refractivity contribution in [1.82, 2.24) is 24.8 Å². The van der Waals surface area contributed by atoms with Gasteiger partial charge in [0.25, 0.3) is 0 Å². The van der Waals surface area contributed by atoms with E-state index in [0.29, 0.717) is 0 Å². The zero-order chi connectivity index (χ0) is 19.0. The highest BCUT2D eigenvalue weighted by atomic mass is 32.1. The third-order valence-corrected chi connectivity index (χ3v) is 5.58. The number of nitrogens with one attached hydrogen (secondary N) is 1. The van der Waals surface area contributed by atoms with Crippen molar-refractivity contribution in [2.75, 3.05) is 6.54 Å². The molecule has 1 aliphatic rings. The van der Waals surface area contributed by atoms with Crippen LogP contribution in [0.4, 0.5) is 0 Å². The van der Waals surface area contributed by atoms with E-state index in [1.165, 1.54) is 17.0 Å². The second-order valence-corrected chi connectivity index (χ2v) is 7.17. The lowest BCUT2D eigenvalue weighted by molar-refractivity contribution is 0.329. The number of rotatable bonds is 4. The first-order valence-corrected chi connectivity index (χ1v) is 9.60. The molecule has 1 aliphatic heterocycles. The zero-order valence-electron chi connectivity index (χ0n) is 15.8. The summed E-state index contributed by atoms with van der Waals surface area (Å²) in [6.07, 6.45) is 5.54. The maximum Gasteiger partial charge on any atom is 0.170 e. The summed E-state index contributed by atoms with van der Waals surface area (Å²) in [5.41, 5.74) is 5.73. The maximum absolute atomic E-state index is 5.64. The molecule has 0 unspecified atom stereocenters. The molecule has 5 nitrogen and oxygen atoms in total. The van der Waals surface area contributed by atoms with Gasteiger partial charge in [-0.25, -0.2) is 0 Å². The molecule has 1 saturated heterocycles. The summed E-state index contributed by atoms with van der Waals surface area (Å²) in [6, 6.07) is 12.5. The Kier molecular flexibility index (Phi) is 4.66. The lowest BCUT2D eigenvalue weighted by Gasteiger charge is -2.27. The van der Waals surface area contributed by atoms with Crippen LogP contribution in [0.15, 0.2) is 55.0 Å². The Balaban J connectivity index is 1.84. The van der Waals surface area contributed by atoms with Gasteiger partial charge in [0.05, 0.1) is 29.7 Å². The molecule has 0 aliphatic carbocycles. The van der Waals surface area contributed by atoms with Crippen molar-refractivity contribution in [1.29, 1.82) is 0 Å². The molecule has 3 aromatic rings. The van der Waals surface area contributed by atoms with Crippen LogP contribution in [-0.4, -0.2) is 31.1 Å². The van der Waals surface area contributed by atoms with Crippen molar-refractivity contribution in [3.05, 3.63) is 77.6 Å². The molecule has 0 amide bonds. The van der Waals surface area contributed by atoms with Crippen molar-refractivity contribution in [2.24, 2.45) is 0 Å². The Morgan fingerprint density at radius 3 is 2.67 bits per heavy atom. The van der Waals surface area contributed by atoms with Crippen molar-refractivity contribution in [3.63, 3.8) is 0 Å². The van der Waals surface area contributed by atoms with Gasteiger partial charge in [0.15, 0.2) is 5.11 Å². The van der Waals surface area contributed by atoms with Crippen molar-refractivity contribution in [2.45, 2.75) is 32.9 Å². The summed E-state index contributed by atoms with van der Waals surface area (Å²) in [5.74, 6) is 0. The third-order valence-electron chi connectivity index (χ3n) is 5.23. The monoisotopic (exact) mass is 377 g/mol. The third kappa shape index (κ3) is 3.00. The minimum Gasteiger partial charge on any atom is -0.352 e. The first-order chi connectivity index (χ1) is 13.1. The Labute approximate surface area is 165 Å². The molecule has 2 atom stereocenters. The first kappa shape index (κ1) is 17.7. The zero-order valence-corrected chi connectivity index (χ0v) is 16.6. The fourth-order valence-electron chi connectivity index (χ4n) is 4.05. The van der Waals surface area contributed by atoms with Gasteiger partial charge in [-0.1, -0.05) is 6.07 Å². The van der Waals surface area contributed by atoms with Crippen LogP contribution in [0, 0.1) is 13.8 Å². The van der Waals surface area contributed by atoms with E-state index in [0.717, 1.165) is 23.0 Å². The van der Waals surface area contributed by atoms with Gasteiger partial charge in [-0.15, -0.1) is 0 Å². The lowest BCUT2D eigenvalue weighted by Crippen LogP contribution is -2.29. The van der Waals surface area contributed by atoms with Crippen molar-refractivity contribution < 1.29 is 0 Å². The molecule has 3 aromatic heterocycles. The van der Waals surface area contributed by atoms with Crippen LogP contribution in [0.1, 0.15) is 41.7 Å². The molecule has 0 saturated carbocycles. The molecular weight excluding hydrogens is 354 g/mol. The molecule has 0 spiro atoms. The van der Waals surface area contributed by atoms with Crippen LogP contribution in [-0.2, 0) is 0 Å². The van der Waals surface area contributed by atoms with Gasteiger partial charge >= 0.3 is 0 Å². The second-order valence-electron chi connectivity index (χ2n) is 6.79. The second kappa shape index (κ2) is 7.12. The summed E-state index contributed by atoms with van der Waals surface area (Å²) in [4.78, 5) is 11.1. The Bertz CT molecular complexity index is 951. The van der Waals surface area contributed by atoms with Gasteiger partial charge in [-0.2, -0.15) is 0 Å². The van der Waals surface area contributed by atoms with Gasteiger partial charge in [0, 0.05) is 30.3 Å². The van der Waals surface area contributed by atoms with Gasteiger partial charge in [-0.05, 0) is 68.9 Å². The molecule has 0 radical (unpaired) electrons. The first-order valence-electron chi connectivity index (χ1n) is 9.19. The predicted octanol–water partition coefficient (Wildman–Crippen LogP) is 3.88. The summed E-state index contributed by atoms with van der Waals surface area (Å²) in [6.45, 7) is 7.29. The molecule has 4 rings (SSSR count). The molecule has 0 bridgehead atoms. The smallest absolute Gasteiger partial charge is 0.170 e. The number of nitrogens with zero attached hydrogens (tertiary/aromatic N) is 4. The summed E-state index contributed by atoms with van der Waals surface area (Å²) < 4.78 is 2.26. The Hall–Kier alpha value is -2.73. The van der Waals surface area contributed by atoms with Crippen LogP contribution in [0.25, 0.3) is 5.69 Å². The summed E-state index contributed by atoms with van der Waals surface area (Å²) >= 11 is 5.64. The summed E-state index contributed by atoms with van der Waals surface area (Å²) in [7, 11) is 0. The number of pyridine rings is 2. The quantitative estimate of drug-likeness (QED) is 0.699. The highest BCUT2D eigenvalue weighted by Gasteiger charge is 2.40. The molecule has 138 valence electrons. The number of aromatic nitrogens is 3. The fourth-order valence-corrected chi connectivity index (χ4v) is 4.42. The maximum atomic E-state index is 5.64. The summed E-state index contributed by atoms with van der Waals surface area (Å²) in [5, 5.41) is 4.27. The number of thiocarbonyl (C=S) groups is 1. The van der Waals surface area contributed by atoms with E-state index in [4.69, 9.17) is 12.2 Å². The molecule has 4 heterocycles. The van der Waals surface area contributed by atoms with E-state index in [1.54, 1.807) is 6.20 Å². The van der Waals surface area contributed by atoms with Gasteiger partial charge in [0.1, 0.15) is 0 Å². The van der Waals surface area contributed by atoms with Crippen molar-refractivity contribution in [3.8, 4) is 5.69 Å². The van der Waals surface area contributed by atoms with E-state index < -0.39 is 0 Å². The Morgan fingerprint density at radius 2 is 2.00 bits per heavy atom. The number of aryl methyl sites for hydroxylation is 1. The topological polar surface area (TPSA) is 46.0 Å². The Morgan fingerprint density at radius 1 is 1.15 bits per heavy atom. The van der Waals surface area contributed by atoms with Crippen LogP contribution in [0.5, 0.6) is 0 Å². The van der Waals surface area contributed by atoms with Crippen LogP contribution in [0.2, 0.25) is 0 Å². The van der Waals surface area contributed by atoms with E-state index in [-0.39, 0.29) is 12.1 Å². The van der Waals surface area contributed by atoms with Crippen LogP contribution in [0.3, 0.4) is 0 Å². The average Bonchev–Trinajstić information content (AvgIpc) is 3.18. The molecule has 27 heavy (non-hydrogen) atoms. The molecule has 1 N–H and O–H groups in total. The minimum absolute atomic E-state index is 0.0292. The van der Waals surface area contributed by atoms with Gasteiger partial charge < -0.3 is 14.8 Å². The highest BCUT2D eigenvalue weighted by molar-refractivity contribution is 7.80. The standard InChI is InChI=1S/C21H23N5S/c1-4-25-20(19(24-21(25)27)18-9-5-6-11-23-18)17-12-14(2)26(15(17)3)16-8-7-10-22-13-16/h5-13,19-20H,4H2,1-3H3,(H,24,27)/t19-,20-/m0/s1. The molecule has 0 aromatic carbocycles. The van der Waals surface area contributed by atoms with Crippen LogP contribution < -0.4 is 5.32 Å². The SMILES string of the molecule is CCN1C(=S)N[C@@H](c2ccccn2)[C@@H]1c1cc(C)n(-c2cccnc2)c1C. The van der Waals surface area contributed by atoms with Crippen molar-refractivity contribution >= 4 is 17.3 Å². The number of hydrogen-bond donors (Lipinski definition) is 1. The number of hydrogen-bond acceptors (Lipinski definition) is 3. The van der Waals surface area contributed by atoms with E-state index in [9.17, 15) is 0 Å². The predicted molar refractivity (Wildman–Crippen MR) is 111 cm³/mol. The van der Waals surface area contributed by atoms with Gasteiger partial charge in [-0.3, -0.25) is 9.97 Å². The largest absolute Gasteiger partial charge is 0.352 e. The van der Waals surface area contributed by atoms with E-state index >= 15 is 0 Å². The molecule has 6 heteroatoms. The minimum atomic E-state index is 0.0292. The molecule has 1 fully saturated rings. The number of likely N-dealkylation sites (N-methyl/N-ethyl adjacent to an activating group) is 1. The average molecular weight is 378 g/mol. The lowest BCUT2D eigenvalue weighted by atomic mass is 9.97. The normalized spacial score (nSPS) is 19.4. The van der Waals surface area contributed by atoms with E-state index in [1.807, 2.05) is 30.6 Å². The van der Waals surface area contributed by atoms with Crippen LogP contribution >= 0.6 is 12.2 Å². The highest BCUT2D eigenvalue weighted by Crippen LogP contribution is 2.41. The fraction of sp³-hybridized carbons (Fsp3) is 0.286. The van der Waals surface area contributed by atoms with E-state index in [2.05, 4.69) is 63.7 Å².